The molecule has 1 heterocycles. The number of pyridine rings is 1. The SMILES string of the molecule is CS(=O)(=O)c1cccc(Oc2ncc(F)cc2C(=O)O)c1. The third kappa shape index (κ3) is 3.54. The van der Waals surface area contributed by atoms with Gasteiger partial charge in [-0.2, -0.15) is 0 Å². The molecule has 8 heteroatoms. The molecule has 110 valence electrons. The fraction of sp³-hybridized carbons (Fsp3) is 0.0769. The maximum atomic E-state index is 13.0. The van der Waals surface area contributed by atoms with E-state index in [1.54, 1.807) is 0 Å². The molecule has 21 heavy (non-hydrogen) atoms. The predicted molar refractivity (Wildman–Crippen MR) is 70.8 cm³/mol. The molecule has 2 aromatic rings. The minimum absolute atomic E-state index is 0.0130. The molecule has 0 atom stereocenters. The number of hydrogen-bond acceptors (Lipinski definition) is 5. The maximum absolute atomic E-state index is 13.0. The summed E-state index contributed by atoms with van der Waals surface area (Å²) in [4.78, 5) is 14.6. The maximum Gasteiger partial charge on any atom is 0.341 e. The summed E-state index contributed by atoms with van der Waals surface area (Å²) >= 11 is 0. The highest BCUT2D eigenvalue weighted by Crippen LogP contribution is 2.25. The molecule has 0 unspecified atom stereocenters. The quantitative estimate of drug-likeness (QED) is 0.929. The lowest BCUT2D eigenvalue weighted by molar-refractivity contribution is 0.0692. The Morgan fingerprint density at radius 1 is 1.33 bits per heavy atom. The molecular formula is C13H10FNO5S. The molecule has 0 radical (unpaired) electrons. The summed E-state index contributed by atoms with van der Waals surface area (Å²) in [7, 11) is -3.43. The van der Waals surface area contributed by atoms with Gasteiger partial charge in [-0.25, -0.2) is 22.6 Å². The van der Waals surface area contributed by atoms with E-state index in [0.717, 1.165) is 18.5 Å². The van der Waals surface area contributed by atoms with E-state index in [1.165, 1.54) is 24.3 Å². The van der Waals surface area contributed by atoms with Crippen molar-refractivity contribution < 1.29 is 27.4 Å². The second kappa shape index (κ2) is 5.49. The van der Waals surface area contributed by atoms with Crippen LogP contribution < -0.4 is 4.74 Å². The van der Waals surface area contributed by atoms with E-state index in [4.69, 9.17) is 9.84 Å². The molecule has 1 N–H and O–H groups in total. The minimum atomic E-state index is -3.43. The van der Waals surface area contributed by atoms with Crippen LogP contribution in [-0.4, -0.2) is 30.7 Å². The fourth-order valence-corrected chi connectivity index (χ4v) is 2.20. The van der Waals surface area contributed by atoms with Gasteiger partial charge in [0.25, 0.3) is 0 Å². The normalized spacial score (nSPS) is 11.1. The number of halogens is 1. The Bertz CT molecular complexity index is 804. The van der Waals surface area contributed by atoms with Crippen molar-refractivity contribution in [3.8, 4) is 11.6 Å². The van der Waals surface area contributed by atoms with Crippen molar-refractivity contribution in [3.63, 3.8) is 0 Å². The highest BCUT2D eigenvalue weighted by atomic mass is 32.2. The second-order valence-electron chi connectivity index (χ2n) is 4.16. The lowest BCUT2D eigenvalue weighted by Gasteiger charge is -2.08. The van der Waals surface area contributed by atoms with Crippen molar-refractivity contribution in [1.82, 2.24) is 4.98 Å². The number of sulfone groups is 1. The first-order valence-corrected chi connectivity index (χ1v) is 7.53. The van der Waals surface area contributed by atoms with Crippen LogP contribution in [0.25, 0.3) is 0 Å². The van der Waals surface area contributed by atoms with Crippen LogP contribution >= 0.6 is 0 Å². The predicted octanol–water partition coefficient (Wildman–Crippen LogP) is 2.11. The number of aromatic nitrogens is 1. The number of benzene rings is 1. The van der Waals surface area contributed by atoms with Crippen molar-refractivity contribution in [3.05, 3.63) is 47.9 Å². The smallest absolute Gasteiger partial charge is 0.341 e. The van der Waals surface area contributed by atoms with E-state index in [2.05, 4.69) is 4.98 Å². The highest BCUT2D eigenvalue weighted by Gasteiger charge is 2.16. The molecule has 0 bridgehead atoms. The van der Waals surface area contributed by atoms with Crippen LogP contribution in [0.4, 0.5) is 4.39 Å². The Hall–Kier alpha value is -2.48. The van der Waals surface area contributed by atoms with Crippen molar-refractivity contribution in [2.75, 3.05) is 6.26 Å². The summed E-state index contributed by atoms with van der Waals surface area (Å²) < 4.78 is 41.1. The average molecular weight is 311 g/mol. The van der Waals surface area contributed by atoms with Crippen LogP contribution in [0, 0.1) is 5.82 Å². The Kier molecular flexibility index (Phi) is 3.90. The summed E-state index contributed by atoms with van der Waals surface area (Å²) in [6.45, 7) is 0. The molecule has 0 aliphatic rings. The Morgan fingerprint density at radius 3 is 2.67 bits per heavy atom. The van der Waals surface area contributed by atoms with Crippen molar-refractivity contribution in [1.29, 1.82) is 0 Å². The van der Waals surface area contributed by atoms with Crippen LogP contribution in [0.5, 0.6) is 11.6 Å². The van der Waals surface area contributed by atoms with Crippen LogP contribution in [0.15, 0.2) is 41.4 Å². The summed E-state index contributed by atoms with van der Waals surface area (Å²) in [6, 6.07) is 6.25. The van der Waals surface area contributed by atoms with Gasteiger partial charge in [-0.3, -0.25) is 0 Å². The lowest BCUT2D eigenvalue weighted by atomic mass is 10.2. The number of carboxylic acids is 1. The van der Waals surface area contributed by atoms with Crippen LogP contribution in [0.2, 0.25) is 0 Å². The topological polar surface area (TPSA) is 93.6 Å². The molecule has 0 fully saturated rings. The van der Waals surface area contributed by atoms with E-state index in [-0.39, 0.29) is 16.5 Å². The molecule has 0 saturated heterocycles. The first-order valence-electron chi connectivity index (χ1n) is 5.64. The van der Waals surface area contributed by atoms with Gasteiger partial charge in [0.2, 0.25) is 5.88 Å². The van der Waals surface area contributed by atoms with E-state index >= 15 is 0 Å². The third-order valence-corrected chi connectivity index (χ3v) is 3.61. The summed E-state index contributed by atoms with van der Waals surface area (Å²) in [6.07, 6.45) is 1.84. The first kappa shape index (κ1) is 14.9. The van der Waals surface area contributed by atoms with E-state index < -0.39 is 27.2 Å². The zero-order chi connectivity index (χ0) is 15.6. The molecule has 0 saturated carbocycles. The van der Waals surface area contributed by atoms with Gasteiger partial charge in [-0.15, -0.1) is 0 Å². The van der Waals surface area contributed by atoms with E-state index in [0.29, 0.717) is 0 Å². The molecule has 0 aliphatic carbocycles. The molecule has 0 amide bonds. The van der Waals surface area contributed by atoms with Gasteiger partial charge in [-0.05, 0) is 24.3 Å². The van der Waals surface area contributed by atoms with Gasteiger partial charge in [0.05, 0.1) is 11.1 Å². The number of ether oxygens (including phenoxy) is 1. The Balaban J connectivity index is 2.41. The van der Waals surface area contributed by atoms with Crippen LogP contribution in [0.3, 0.4) is 0 Å². The monoisotopic (exact) mass is 311 g/mol. The van der Waals surface area contributed by atoms with Crippen LogP contribution in [0.1, 0.15) is 10.4 Å². The number of carbonyl (C=O) groups is 1. The molecule has 2 rings (SSSR count). The van der Waals surface area contributed by atoms with E-state index in [9.17, 15) is 17.6 Å². The number of carboxylic acid groups (broad SMARTS) is 1. The molecule has 6 nitrogen and oxygen atoms in total. The molecule has 0 spiro atoms. The Labute approximate surface area is 119 Å². The van der Waals surface area contributed by atoms with Gasteiger partial charge >= 0.3 is 5.97 Å². The van der Waals surface area contributed by atoms with E-state index in [1.807, 2.05) is 0 Å². The third-order valence-electron chi connectivity index (χ3n) is 2.50. The van der Waals surface area contributed by atoms with Gasteiger partial charge in [0, 0.05) is 6.26 Å². The van der Waals surface area contributed by atoms with Gasteiger partial charge < -0.3 is 9.84 Å². The standard InChI is InChI=1S/C13H10FNO5S/c1-21(18,19)10-4-2-3-9(6-10)20-12-11(13(16)17)5-8(14)7-15-12/h2-7H,1H3,(H,16,17). The lowest BCUT2D eigenvalue weighted by Crippen LogP contribution is -2.03. The fourth-order valence-electron chi connectivity index (χ4n) is 1.54. The molecule has 1 aromatic heterocycles. The van der Waals surface area contributed by atoms with Crippen molar-refractivity contribution >= 4 is 15.8 Å². The zero-order valence-corrected chi connectivity index (χ0v) is 11.6. The highest BCUT2D eigenvalue weighted by molar-refractivity contribution is 7.90. The molecule has 0 aliphatic heterocycles. The Morgan fingerprint density at radius 2 is 2.05 bits per heavy atom. The summed E-state index contributed by atoms with van der Waals surface area (Å²) in [5.41, 5.74) is -0.459. The van der Waals surface area contributed by atoms with Gasteiger partial charge in [0.15, 0.2) is 9.84 Å². The number of rotatable bonds is 4. The number of hydrogen-bond donors (Lipinski definition) is 1. The van der Waals surface area contributed by atoms with Crippen molar-refractivity contribution in [2.45, 2.75) is 4.90 Å². The minimum Gasteiger partial charge on any atom is -0.477 e. The summed E-state index contributed by atoms with van der Waals surface area (Å²) in [5, 5.41) is 8.97. The zero-order valence-electron chi connectivity index (χ0n) is 10.8. The largest absolute Gasteiger partial charge is 0.477 e. The number of aromatic carboxylic acids is 1. The van der Waals surface area contributed by atoms with Crippen molar-refractivity contribution in [2.24, 2.45) is 0 Å². The van der Waals surface area contributed by atoms with Gasteiger partial charge in [-0.1, -0.05) is 6.07 Å². The summed E-state index contributed by atoms with van der Waals surface area (Å²) in [5.74, 6) is -2.46. The first-order chi connectivity index (χ1) is 9.77. The average Bonchev–Trinajstić information content (AvgIpc) is 2.40. The molecular weight excluding hydrogens is 301 g/mol. The number of nitrogens with zero attached hydrogens (tertiary/aromatic N) is 1. The van der Waals surface area contributed by atoms with Gasteiger partial charge in [0.1, 0.15) is 17.1 Å². The van der Waals surface area contributed by atoms with Crippen LogP contribution in [-0.2, 0) is 9.84 Å². The second-order valence-corrected chi connectivity index (χ2v) is 6.18. The molecule has 1 aromatic carbocycles.